The Balaban J connectivity index is 1.66. The number of amides is 1. The highest BCUT2D eigenvalue weighted by Crippen LogP contribution is 2.47. The first-order valence-corrected chi connectivity index (χ1v) is 12.5. The van der Waals surface area contributed by atoms with E-state index in [1.165, 1.54) is 36.0 Å². The number of nitrogens with two attached hydrogens (primary N) is 1. The Hall–Kier alpha value is -4.48. The van der Waals surface area contributed by atoms with Crippen LogP contribution in [0.1, 0.15) is 62.7 Å². The second-order valence-corrected chi connectivity index (χ2v) is 9.63. The predicted octanol–water partition coefficient (Wildman–Crippen LogP) is 5.42. The molecule has 1 aliphatic carbocycles. The lowest BCUT2D eigenvalue weighted by atomic mass is 9.92. The van der Waals surface area contributed by atoms with E-state index in [0.717, 1.165) is 30.0 Å². The van der Waals surface area contributed by atoms with Crippen LogP contribution in [0.3, 0.4) is 0 Å². The molecule has 0 aliphatic heterocycles. The average Bonchev–Trinajstić information content (AvgIpc) is 3.64. The number of imidazole rings is 1. The first-order chi connectivity index (χ1) is 19.0. The summed E-state index contributed by atoms with van der Waals surface area (Å²) in [6, 6.07) is 8.33. The number of anilines is 1. The third-order valence-corrected chi connectivity index (χ3v) is 6.88. The Morgan fingerprint density at radius 3 is 2.55 bits per heavy atom. The van der Waals surface area contributed by atoms with Crippen LogP contribution in [0.5, 0.6) is 5.75 Å². The van der Waals surface area contributed by atoms with Gasteiger partial charge in [0.05, 0.1) is 31.1 Å². The molecular weight excluding hydrogens is 530 g/mol. The molecule has 2 aromatic carbocycles. The number of nitrogens with one attached hydrogen (secondary N) is 1. The molecule has 0 spiro atoms. The van der Waals surface area contributed by atoms with E-state index in [0.29, 0.717) is 16.8 Å². The molecule has 2 aromatic heterocycles. The number of alkyl halides is 3. The molecule has 208 valence electrons. The fourth-order valence-corrected chi connectivity index (χ4v) is 4.80. The number of ether oxygens (including phenoxy) is 1. The monoisotopic (exact) mass is 555 g/mol. The molecule has 1 aliphatic rings. The Kier molecular flexibility index (Phi) is 6.94. The fraction of sp³-hybridized carbons (Fsp3) is 0.286. The van der Waals surface area contributed by atoms with Crippen molar-refractivity contribution in [3.05, 3.63) is 76.4 Å². The summed E-state index contributed by atoms with van der Waals surface area (Å²) in [6.45, 7) is 1.35. The summed E-state index contributed by atoms with van der Waals surface area (Å²) in [5, 5.41) is 7.20. The van der Waals surface area contributed by atoms with Crippen LogP contribution in [0, 0.1) is 12.7 Å². The number of hydrogen-bond acceptors (Lipinski definition) is 6. The van der Waals surface area contributed by atoms with Gasteiger partial charge in [-0.1, -0.05) is 6.07 Å². The quantitative estimate of drug-likeness (QED) is 0.211. The minimum atomic E-state index is -4.39. The molecule has 1 amide bonds. The molecule has 5 rings (SSSR count). The number of hydrogen-bond donors (Lipinski definition) is 2. The summed E-state index contributed by atoms with van der Waals surface area (Å²) in [5.74, 6) is -1.81. The molecule has 1 fully saturated rings. The Labute approximate surface area is 226 Å². The fourth-order valence-electron chi connectivity index (χ4n) is 4.80. The Morgan fingerprint density at radius 2 is 1.93 bits per heavy atom. The van der Waals surface area contributed by atoms with Crippen LogP contribution >= 0.6 is 0 Å². The summed E-state index contributed by atoms with van der Waals surface area (Å²) >= 11 is 0. The molecule has 2 heterocycles. The van der Waals surface area contributed by atoms with Crippen molar-refractivity contribution >= 4 is 23.0 Å². The average molecular weight is 556 g/mol. The summed E-state index contributed by atoms with van der Waals surface area (Å²) < 4.78 is 59.3. The van der Waals surface area contributed by atoms with Gasteiger partial charge in [0.2, 0.25) is 11.7 Å². The van der Waals surface area contributed by atoms with E-state index in [-0.39, 0.29) is 34.3 Å². The van der Waals surface area contributed by atoms with Gasteiger partial charge in [0, 0.05) is 23.2 Å². The number of rotatable bonds is 9. The topological polar surface area (TPSA) is 112 Å². The van der Waals surface area contributed by atoms with Crippen molar-refractivity contribution in [2.75, 3.05) is 19.0 Å². The highest BCUT2D eigenvalue weighted by atomic mass is 19.4. The van der Waals surface area contributed by atoms with E-state index in [1.807, 2.05) is 6.92 Å². The number of ketones is 1. The van der Waals surface area contributed by atoms with Crippen molar-refractivity contribution < 1.29 is 31.9 Å². The Morgan fingerprint density at radius 1 is 1.18 bits per heavy atom. The van der Waals surface area contributed by atoms with Gasteiger partial charge in [0.15, 0.2) is 17.2 Å². The van der Waals surface area contributed by atoms with Crippen molar-refractivity contribution in [2.45, 2.75) is 38.3 Å². The summed E-state index contributed by atoms with van der Waals surface area (Å²) in [5.41, 5.74) is 8.98. The second kappa shape index (κ2) is 10.2. The molecule has 3 N–H and O–H groups in total. The van der Waals surface area contributed by atoms with Gasteiger partial charge in [-0.15, -0.1) is 0 Å². The van der Waals surface area contributed by atoms with Crippen molar-refractivity contribution in [1.82, 2.24) is 14.6 Å². The van der Waals surface area contributed by atoms with Gasteiger partial charge in [-0.3, -0.25) is 9.59 Å². The molecule has 0 bridgehead atoms. The third-order valence-electron chi connectivity index (χ3n) is 6.88. The van der Waals surface area contributed by atoms with Crippen molar-refractivity contribution in [3.8, 4) is 17.0 Å². The van der Waals surface area contributed by atoms with Crippen LogP contribution in [-0.2, 0) is 0 Å². The summed E-state index contributed by atoms with van der Waals surface area (Å²) in [6.07, 6.45) is -2.16. The third kappa shape index (κ3) is 5.21. The molecule has 0 saturated heterocycles. The van der Waals surface area contributed by atoms with E-state index in [1.54, 1.807) is 12.1 Å². The zero-order valence-corrected chi connectivity index (χ0v) is 21.6. The van der Waals surface area contributed by atoms with Crippen molar-refractivity contribution in [1.29, 1.82) is 0 Å². The van der Waals surface area contributed by atoms with Crippen LogP contribution in [0.2, 0.25) is 0 Å². The van der Waals surface area contributed by atoms with Crippen LogP contribution in [-0.4, -0.2) is 46.1 Å². The first-order valence-electron chi connectivity index (χ1n) is 12.5. The number of nitrogens with zero attached hydrogens (tertiary/aromatic N) is 3. The maximum Gasteiger partial charge on any atom is 0.390 e. The smallest absolute Gasteiger partial charge is 0.390 e. The number of fused-ring (bicyclic) bond motifs is 1. The van der Waals surface area contributed by atoms with E-state index in [4.69, 9.17) is 10.5 Å². The zero-order chi connectivity index (χ0) is 28.8. The molecule has 1 saturated carbocycles. The van der Waals surface area contributed by atoms with E-state index in [9.17, 15) is 27.2 Å². The molecular formula is C28H25F4N5O3. The van der Waals surface area contributed by atoms with Gasteiger partial charge in [-0.05, 0) is 67.1 Å². The molecule has 0 atom stereocenters. The number of aromatic nitrogens is 3. The lowest BCUT2D eigenvalue weighted by Gasteiger charge is -2.15. The lowest BCUT2D eigenvalue weighted by molar-refractivity contribution is -0.131. The number of methoxy groups -OCH3 is 1. The number of primary amides is 1. The van der Waals surface area contributed by atoms with Gasteiger partial charge in [-0.25, -0.2) is 13.9 Å². The highest BCUT2D eigenvalue weighted by molar-refractivity contribution is 6.08. The van der Waals surface area contributed by atoms with Gasteiger partial charge in [-0.2, -0.15) is 18.3 Å². The number of carbonyl (C=O) groups excluding carboxylic acids is 2. The predicted molar refractivity (Wildman–Crippen MR) is 139 cm³/mol. The number of benzene rings is 2. The Bertz CT molecular complexity index is 1640. The van der Waals surface area contributed by atoms with Gasteiger partial charge >= 0.3 is 6.18 Å². The highest BCUT2D eigenvalue weighted by Gasteiger charge is 2.31. The second-order valence-electron chi connectivity index (χ2n) is 9.63. The van der Waals surface area contributed by atoms with E-state index in [2.05, 4.69) is 15.4 Å². The van der Waals surface area contributed by atoms with E-state index < -0.39 is 36.6 Å². The molecule has 12 heteroatoms. The van der Waals surface area contributed by atoms with Crippen molar-refractivity contribution in [3.63, 3.8) is 0 Å². The van der Waals surface area contributed by atoms with Gasteiger partial charge in [0.1, 0.15) is 5.69 Å². The molecule has 8 nitrogen and oxygen atoms in total. The maximum atomic E-state index is 14.4. The SMILES string of the molecule is COc1ccc(C(=O)c2cc(NCCC(F)(F)F)c3ncc(-c4ccc(C(N)=O)c(C)c4C4CC4)n3n2)cc1F. The largest absolute Gasteiger partial charge is 0.494 e. The standard InChI is InChI=1S/C28H25F4N5O3/c1-14-17(26(33)39)6-7-18(24(14)15-3-4-15)22-13-35-27-21(34-10-9-28(30,31)32)12-20(36-37(22)27)25(38)16-5-8-23(40-2)19(29)11-16/h5-8,11-13,15,34H,3-4,9-10H2,1-2H3,(H2,33,39). The van der Waals surface area contributed by atoms with Crippen LogP contribution in [0.15, 0.2) is 42.6 Å². The maximum absolute atomic E-state index is 14.4. The molecule has 0 unspecified atom stereocenters. The van der Waals surface area contributed by atoms with E-state index >= 15 is 0 Å². The normalized spacial score (nSPS) is 13.4. The minimum Gasteiger partial charge on any atom is -0.494 e. The van der Waals surface area contributed by atoms with Gasteiger partial charge in [0.25, 0.3) is 0 Å². The van der Waals surface area contributed by atoms with Crippen LogP contribution < -0.4 is 15.8 Å². The molecule has 0 radical (unpaired) electrons. The summed E-state index contributed by atoms with van der Waals surface area (Å²) in [7, 11) is 1.29. The van der Waals surface area contributed by atoms with Crippen molar-refractivity contribution in [2.24, 2.45) is 5.73 Å². The minimum absolute atomic E-state index is 0.0200. The van der Waals surface area contributed by atoms with Crippen LogP contribution in [0.4, 0.5) is 23.2 Å². The van der Waals surface area contributed by atoms with Gasteiger partial charge < -0.3 is 15.8 Å². The molecule has 4 aromatic rings. The summed E-state index contributed by atoms with van der Waals surface area (Å²) in [4.78, 5) is 29.8. The number of halogens is 4. The zero-order valence-electron chi connectivity index (χ0n) is 21.6. The molecule has 40 heavy (non-hydrogen) atoms. The number of carbonyl (C=O) groups is 2. The first kappa shape index (κ1) is 27.1. The lowest BCUT2D eigenvalue weighted by Crippen LogP contribution is -2.16. The van der Waals surface area contributed by atoms with Crippen LogP contribution in [0.25, 0.3) is 16.9 Å².